The first-order chi connectivity index (χ1) is 13.6. The molecule has 0 aromatic rings. The maximum atomic E-state index is 12.1. The molecule has 1 saturated heterocycles. The van der Waals surface area contributed by atoms with Gasteiger partial charge in [-0.3, -0.25) is 14.5 Å². The van der Waals surface area contributed by atoms with Gasteiger partial charge in [-0.05, 0) is 53.1 Å². The number of rotatable bonds is 9. The van der Waals surface area contributed by atoms with Gasteiger partial charge in [0.2, 0.25) is 11.8 Å². The summed E-state index contributed by atoms with van der Waals surface area (Å²) < 4.78 is 0. The lowest BCUT2D eigenvalue weighted by Gasteiger charge is -2.37. The van der Waals surface area contributed by atoms with Gasteiger partial charge in [0.15, 0.2) is 0 Å². The third kappa shape index (κ3) is 10.2. The van der Waals surface area contributed by atoms with Crippen molar-refractivity contribution in [1.29, 1.82) is 0 Å². The molecule has 1 N–H and O–H groups in total. The fourth-order valence-corrected chi connectivity index (χ4v) is 3.03. The summed E-state index contributed by atoms with van der Waals surface area (Å²) in [5.74, 6) is 5.90. The average molecular weight is 408 g/mol. The van der Waals surface area contributed by atoms with Gasteiger partial charge in [-0.25, -0.2) is 0 Å². The number of nitrogens with zero attached hydrogens (tertiary/aromatic N) is 3. The number of amides is 3. The Hall–Kier alpha value is -2.27. The summed E-state index contributed by atoms with van der Waals surface area (Å²) in [6.07, 6.45) is 2.11. The molecule has 1 aliphatic heterocycles. The van der Waals surface area contributed by atoms with Crippen LogP contribution in [0.1, 0.15) is 52.9 Å². The highest BCUT2D eigenvalue weighted by Crippen LogP contribution is 2.12. The lowest BCUT2D eigenvalue weighted by atomic mass is 10.1. The Balaban J connectivity index is 2.17. The quantitative estimate of drug-likeness (QED) is 0.437. The zero-order valence-corrected chi connectivity index (χ0v) is 18.3. The van der Waals surface area contributed by atoms with Crippen LogP contribution in [0.4, 0.5) is 4.79 Å². The molecule has 0 aliphatic carbocycles. The van der Waals surface area contributed by atoms with Crippen LogP contribution in [0.5, 0.6) is 0 Å². The molecule has 0 radical (unpaired) electrons. The molecular weight excluding hydrogens is 372 g/mol. The molecule has 8 nitrogen and oxygen atoms in total. The van der Waals surface area contributed by atoms with Crippen molar-refractivity contribution in [3.8, 4) is 11.8 Å². The summed E-state index contributed by atoms with van der Waals surface area (Å²) in [4.78, 5) is 40.2. The van der Waals surface area contributed by atoms with Crippen molar-refractivity contribution in [1.82, 2.24) is 20.0 Å². The van der Waals surface area contributed by atoms with Gasteiger partial charge in [0.1, 0.15) is 6.09 Å². The topological polar surface area (TPSA) is 96.0 Å². The molecule has 1 aliphatic rings. The second kappa shape index (κ2) is 12.3. The summed E-state index contributed by atoms with van der Waals surface area (Å²) >= 11 is 0. The number of carbonyl (C=O) groups is 3. The average Bonchev–Trinajstić information content (AvgIpc) is 3.14. The highest BCUT2D eigenvalue weighted by molar-refractivity contribution is 5.77. The van der Waals surface area contributed by atoms with Crippen molar-refractivity contribution >= 4 is 17.9 Å². The Morgan fingerprint density at radius 3 is 2.34 bits per heavy atom. The molecule has 3 amide bonds. The van der Waals surface area contributed by atoms with Crippen LogP contribution < -0.4 is 10.4 Å². The Morgan fingerprint density at radius 2 is 1.76 bits per heavy atom. The predicted octanol–water partition coefficient (Wildman–Crippen LogP) is 0.274. The Bertz CT molecular complexity index is 612. The van der Waals surface area contributed by atoms with Gasteiger partial charge in [0.25, 0.3) is 0 Å². The van der Waals surface area contributed by atoms with E-state index in [4.69, 9.17) is 0 Å². The van der Waals surface area contributed by atoms with Gasteiger partial charge in [0, 0.05) is 38.5 Å². The molecule has 0 atom stereocenters. The van der Waals surface area contributed by atoms with Crippen molar-refractivity contribution in [2.24, 2.45) is 0 Å². The largest absolute Gasteiger partial charge is 0.530 e. The normalized spacial score (nSPS) is 14.1. The number of hydrogen-bond acceptors (Lipinski definition) is 5. The minimum atomic E-state index is -1.29. The van der Waals surface area contributed by atoms with Gasteiger partial charge >= 0.3 is 0 Å². The number of likely N-dealkylation sites (tertiary alicyclic amines) is 1. The first-order valence-corrected chi connectivity index (χ1v) is 10.3. The van der Waals surface area contributed by atoms with Crippen LogP contribution in [0.15, 0.2) is 0 Å². The van der Waals surface area contributed by atoms with Gasteiger partial charge in [-0.2, -0.15) is 0 Å². The third-order valence-electron chi connectivity index (χ3n) is 4.85. The highest BCUT2D eigenvalue weighted by Gasteiger charge is 2.21. The van der Waals surface area contributed by atoms with Crippen LogP contribution >= 0.6 is 0 Å². The van der Waals surface area contributed by atoms with Gasteiger partial charge in [0.05, 0.1) is 13.1 Å². The molecule has 0 spiro atoms. The van der Waals surface area contributed by atoms with Gasteiger partial charge in [-0.1, -0.05) is 11.8 Å². The van der Waals surface area contributed by atoms with E-state index in [1.165, 1.54) is 12.8 Å². The second-order valence-electron chi connectivity index (χ2n) is 8.38. The minimum Gasteiger partial charge on any atom is -0.530 e. The predicted molar refractivity (Wildman–Crippen MR) is 110 cm³/mol. The van der Waals surface area contributed by atoms with Crippen LogP contribution in [-0.2, 0) is 9.59 Å². The van der Waals surface area contributed by atoms with E-state index in [9.17, 15) is 19.5 Å². The standard InChI is InChI=1S/C21H36N4O4/c1-21(2,3)25(20(28)29)17-11-18(26)22-12-9-10-19(27)23(4)13-5-6-14-24-15-7-8-16-24/h7-17H2,1-4H3,(H,22,26)(H,28,29)/p-1. The molecule has 8 heteroatoms. The summed E-state index contributed by atoms with van der Waals surface area (Å²) in [6.45, 7) is 9.09. The maximum Gasteiger partial charge on any atom is 0.223 e. The first kappa shape index (κ1) is 24.8. The van der Waals surface area contributed by atoms with Crippen molar-refractivity contribution in [3.05, 3.63) is 0 Å². The van der Waals surface area contributed by atoms with Gasteiger partial charge < -0.3 is 25.0 Å². The molecule has 1 rings (SSSR count). The minimum absolute atomic E-state index is 0.00872. The maximum absolute atomic E-state index is 12.1. The zero-order valence-electron chi connectivity index (χ0n) is 18.3. The monoisotopic (exact) mass is 407 g/mol. The first-order valence-electron chi connectivity index (χ1n) is 10.3. The fraction of sp³-hybridized carbons (Fsp3) is 0.762. The lowest BCUT2D eigenvalue weighted by molar-refractivity contribution is -0.270. The van der Waals surface area contributed by atoms with E-state index < -0.39 is 11.6 Å². The Labute approximate surface area is 174 Å². The molecular formula is C21H35N4O4-. The smallest absolute Gasteiger partial charge is 0.223 e. The highest BCUT2D eigenvalue weighted by atomic mass is 16.4. The van der Waals surface area contributed by atoms with E-state index in [-0.39, 0.29) is 24.8 Å². The number of carboxylic acid groups (broad SMARTS) is 1. The number of carbonyl (C=O) groups excluding carboxylic acids is 3. The molecule has 0 unspecified atom stereocenters. The lowest BCUT2D eigenvalue weighted by Crippen LogP contribution is -2.52. The van der Waals surface area contributed by atoms with Gasteiger partial charge in [-0.15, -0.1) is 0 Å². The Morgan fingerprint density at radius 1 is 1.10 bits per heavy atom. The summed E-state index contributed by atoms with van der Waals surface area (Å²) in [5, 5.41) is 13.9. The molecule has 29 heavy (non-hydrogen) atoms. The molecule has 1 heterocycles. The molecule has 0 aromatic heterocycles. The number of nitrogens with one attached hydrogen (secondary N) is 1. The molecule has 0 aromatic carbocycles. The van der Waals surface area contributed by atoms with E-state index in [0.717, 1.165) is 24.5 Å². The van der Waals surface area contributed by atoms with Crippen LogP contribution in [0.2, 0.25) is 0 Å². The molecule has 0 saturated carbocycles. The number of hydrogen-bond donors (Lipinski definition) is 1. The fourth-order valence-electron chi connectivity index (χ4n) is 3.03. The second-order valence-corrected chi connectivity index (χ2v) is 8.38. The third-order valence-corrected chi connectivity index (χ3v) is 4.85. The van der Waals surface area contributed by atoms with Crippen molar-refractivity contribution < 1.29 is 19.5 Å². The van der Waals surface area contributed by atoms with Crippen molar-refractivity contribution in [2.75, 3.05) is 46.3 Å². The molecule has 164 valence electrons. The van der Waals surface area contributed by atoms with E-state index in [1.807, 2.05) is 0 Å². The van der Waals surface area contributed by atoms with E-state index >= 15 is 0 Å². The summed E-state index contributed by atoms with van der Waals surface area (Å²) in [5.41, 5.74) is -0.618. The SMILES string of the molecule is CN(CC#CCN1CCCC1)C(=O)CCCNC(=O)CCN(C(=O)[O-])C(C)(C)C. The van der Waals surface area contributed by atoms with Crippen molar-refractivity contribution in [2.45, 2.75) is 58.4 Å². The van der Waals surface area contributed by atoms with Crippen LogP contribution in [0.3, 0.4) is 0 Å². The summed E-state index contributed by atoms with van der Waals surface area (Å²) in [6, 6.07) is 0. The zero-order chi connectivity index (χ0) is 21.9. The van der Waals surface area contributed by atoms with Crippen LogP contribution in [-0.4, -0.2) is 84.5 Å². The van der Waals surface area contributed by atoms with Crippen LogP contribution in [0.25, 0.3) is 0 Å². The summed E-state index contributed by atoms with van der Waals surface area (Å²) in [7, 11) is 1.73. The van der Waals surface area contributed by atoms with E-state index in [1.54, 1.807) is 32.7 Å². The van der Waals surface area contributed by atoms with E-state index in [2.05, 4.69) is 22.1 Å². The van der Waals surface area contributed by atoms with Crippen molar-refractivity contribution in [3.63, 3.8) is 0 Å². The van der Waals surface area contributed by atoms with Crippen LogP contribution in [0, 0.1) is 11.8 Å². The Kier molecular flexibility index (Phi) is 10.5. The van der Waals surface area contributed by atoms with E-state index in [0.29, 0.717) is 25.9 Å². The molecule has 0 bridgehead atoms. The molecule has 1 fully saturated rings.